The minimum atomic E-state index is 0. The molecule has 0 aliphatic heterocycles. The van der Waals surface area contributed by atoms with E-state index in [2.05, 4.69) is 0 Å². The van der Waals surface area contributed by atoms with Gasteiger partial charge in [0.05, 0.1) is 0 Å². The highest BCUT2D eigenvalue weighted by Crippen LogP contribution is 2.16. The predicted molar refractivity (Wildman–Crippen MR) is 80.5 cm³/mol. The van der Waals surface area contributed by atoms with Crippen LogP contribution in [0.25, 0.3) is 0 Å². The Morgan fingerprint density at radius 2 is 1.84 bits per heavy atom. The molecule has 5 heteroatoms. The maximum atomic E-state index is 7.29. The van der Waals surface area contributed by atoms with Crippen LogP contribution in [0.2, 0.25) is 5.02 Å². The van der Waals surface area contributed by atoms with Gasteiger partial charge in [-0.3, -0.25) is 5.41 Å². The molecular weight excluding hydrogens is 283 g/mol. The molecule has 0 radical (unpaired) electrons. The van der Waals surface area contributed by atoms with Gasteiger partial charge in [0.2, 0.25) is 0 Å². The topological polar surface area (TPSA) is 59.1 Å². The second-order valence-electron chi connectivity index (χ2n) is 3.86. The second kappa shape index (κ2) is 7.02. The Hall–Kier alpha value is -1.71. The van der Waals surface area contributed by atoms with Crippen LogP contribution < -0.4 is 10.5 Å². The molecular formula is C14H14Cl2N2O. The molecule has 100 valence electrons. The summed E-state index contributed by atoms with van der Waals surface area (Å²) in [6.45, 7) is 0.458. The summed E-state index contributed by atoms with van der Waals surface area (Å²) in [5.74, 6) is 0.788. The lowest BCUT2D eigenvalue weighted by molar-refractivity contribution is 0.306. The Balaban J connectivity index is 0.00000180. The van der Waals surface area contributed by atoms with Gasteiger partial charge in [-0.05, 0) is 42.0 Å². The summed E-state index contributed by atoms with van der Waals surface area (Å²) >= 11 is 5.89. The third-order valence-electron chi connectivity index (χ3n) is 2.46. The Morgan fingerprint density at radius 3 is 2.42 bits per heavy atom. The summed E-state index contributed by atoms with van der Waals surface area (Å²) in [4.78, 5) is 0. The molecule has 0 aliphatic carbocycles. The fraction of sp³-hybridized carbons (Fsp3) is 0.0714. The lowest BCUT2D eigenvalue weighted by Crippen LogP contribution is -2.10. The number of nitrogens with two attached hydrogens (primary N) is 1. The number of benzene rings is 2. The van der Waals surface area contributed by atoms with E-state index in [4.69, 9.17) is 27.5 Å². The van der Waals surface area contributed by atoms with Gasteiger partial charge >= 0.3 is 0 Å². The minimum absolute atomic E-state index is 0. The molecule has 2 rings (SSSR count). The smallest absolute Gasteiger partial charge is 0.122 e. The van der Waals surface area contributed by atoms with Crippen LogP contribution in [0, 0.1) is 5.41 Å². The number of hydrogen-bond acceptors (Lipinski definition) is 2. The zero-order valence-electron chi connectivity index (χ0n) is 10.1. The normalized spacial score (nSPS) is 9.53. The lowest BCUT2D eigenvalue weighted by Gasteiger charge is -2.07. The Kier molecular flexibility index (Phi) is 5.67. The van der Waals surface area contributed by atoms with Crippen molar-refractivity contribution in [3.8, 4) is 5.75 Å². The highest BCUT2D eigenvalue weighted by molar-refractivity contribution is 6.30. The molecule has 0 atom stereocenters. The van der Waals surface area contributed by atoms with Crippen LogP contribution in [-0.4, -0.2) is 5.84 Å². The van der Waals surface area contributed by atoms with Crippen LogP contribution in [0.5, 0.6) is 5.75 Å². The van der Waals surface area contributed by atoms with Crippen LogP contribution in [0.15, 0.2) is 48.5 Å². The molecule has 0 amide bonds. The largest absolute Gasteiger partial charge is 0.489 e. The fourth-order valence-electron chi connectivity index (χ4n) is 1.52. The quantitative estimate of drug-likeness (QED) is 0.669. The minimum Gasteiger partial charge on any atom is -0.489 e. The van der Waals surface area contributed by atoms with E-state index in [9.17, 15) is 0 Å². The van der Waals surface area contributed by atoms with Crippen molar-refractivity contribution in [1.82, 2.24) is 0 Å². The van der Waals surface area contributed by atoms with E-state index in [1.807, 2.05) is 24.3 Å². The van der Waals surface area contributed by atoms with Crippen molar-refractivity contribution in [3.63, 3.8) is 0 Å². The Labute approximate surface area is 123 Å². The second-order valence-corrected chi connectivity index (χ2v) is 4.29. The zero-order chi connectivity index (χ0) is 13.0. The molecule has 0 heterocycles. The Morgan fingerprint density at radius 1 is 1.16 bits per heavy atom. The summed E-state index contributed by atoms with van der Waals surface area (Å²) in [6.07, 6.45) is 0. The van der Waals surface area contributed by atoms with Crippen molar-refractivity contribution < 1.29 is 4.74 Å². The van der Waals surface area contributed by atoms with E-state index in [1.54, 1.807) is 24.3 Å². The first-order chi connectivity index (χ1) is 8.65. The van der Waals surface area contributed by atoms with Crippen molar-refractivity contribution in [2.45, 2.75) is 6.61 Å². The van der Waals surface area contributed by atoms with Crippen LogP contribution in [0.3, 0.4) is 0 Å². The highest BCUT2D eigenvalue weighted by Gasteiger charge is 1.99. The first-order valence-electron chi connectivity index (χ1n) is 5.47. The van der Waals surface area contributed by atoms with E-state index in [-0.39, 0.29) is 18.2 Å². The number of amidine groups is 1. The van der Waals surface area contributed by atoms with Crippen LogP contribution in [-0.2, 0) is 6.61 Å². The van der Waals surface area contributed by atoms with Gasteiger partial charge in [-0.2, -0.15) is 0 Å². The molecule has 2 aromatic rings. The van der Waals surface area contributed by atoms with Crippen molar-refractivity contribution in [1.29, 1.82) is 5.41 Å². The van der Waals surface area contributed by atoms with Crippen molar-refractivity contribution >= 4 is 29.8 Å². The summed E-state index contributed by atoms with van der Waals surface area (Å²) in [6, 6.07) is 14.6. The average Bonchev–Trinajstić information content (AvgIpc) is 2.37. The van der Waals surface area contributed by atoms with E-state index >= 15 is 0 Å². The van der Waals surface area contributed by atoms with Gasteiger partial charge < -0.3 is 10.5 Å². The van der Waals surface area contributed by atoms with Gasteiger partial charge in [0.15, 0.2) is 0 Å². The summed E-state index contributed by atoms with van der Waals surface area (Å²) in [5, 5.41) is 7.99. The maximum absolute atomic E-state index is 7.29. The molecule has 0 saturated carbocycles. The van der Waals surface area contributed by atoms with Gasteiger partial charge in [-0.15, -0.1) is 12.4 Å². The maximum Gasteiger partial charge on any atom is 0.122 e. The van der Waals surface area contributed by atoms with Gasteiger partial charge in [-0.25, -0.2) is 0 Å². The van der Waals surface area contributed by atoms with Crippen molar-refractivity contribution in [2.75, 3.05) is 0 Å². The van der Waals surface area contributed by atoms with E-state index in [0.29, 0.717) is 17.2 Å². The molecule has 2 aromatic carbocycles. The van der Waals surface area contributed by atoms with Gasteiger partial charge in [-0.1, -0.05) is 23.7 Å². The number of nitrogens with one attached hydrogen (secondary N) is 1. The number of rotatable bonds is 4. The number of hydrogen-bond donors (Lipinski definition) is 2. The van der Waals surface area contributed by atoms with E-state index < -0.39 is 0 Å². The third kappa shape index (κ3) is 4.47. The predicted octanol–water partition coefficient (Wildman–Crippen LogP) is 3.62. The molecule has 0 saturated heterocycles. The molecule has 3 N–H and O–H groups in total. The molecule has 0 bridgehead atoms. The zero-order valence-corrected chi connectivity index (χ0v) is 11.7. The van der Waals surface area contributed by atoms with Crippen molar-refractivity contribution in [3.05, 3.63) is 64.7 Å². The SMILES string of the molecule is Cl.N=C(N)c1ccc(OCc2cccc(Cl)c2)cc1. The molecule has 0 aromatic heterocycles. The van der Waals surface area contributed by atoms with E-state index in [1.165, 1.54) is 0 Å². The molecule has 0 aliphatic rings. The van der Waals surface area contributed by atoms with Crippen LogP contribution >= 0.6 is 24.0 Å². The number of halogens is 2. The summed E-state index contributed by atoms with van der Waals surface area (Å²) in [7, 11) is 0. The van der Waals surface area contributed by atoms with Crippen molar-refractivity contribution in [2.24, 2.45) is 5.73 Å². The standard InChI is InChI=1S/C14H13ClN2O.ClH/c15-12-3-1-2-10(8-12)9-18-13-6-4-11(5-7-13)14(16)17;/h1-8H,9H2,(H3,16,17);1H. The van der Waals surface area contributed by atoms with Gasteiger partial charge in [0.25, 0.3) is 0 Å². The summed E-state index contributed by atoms with van der Waals surface area (Å²) < 4.78 is 5.61. The fourth-order valence-corrected chi connectivity index (χ4v) is 1.74. The number of nitrogen functional groups attached to an aromatic ring is 1. The van der Waals surface area contributed by atoms with Crippen LogP contribution in [0.4, 0.5) is 0 Å². The van der Waals surface area contributed by atoms with Gasteiger partial charge in [0, 0.05) is 10.6 Å². The molecule has 3 nitrogen and oxygen atoms in total. The molecule has 0 fully saturated rings. The summed E-state index contributed by atoms with van der Waals surface area (Å²) in [5.41, 5.74) is 7.07. The molecule has 0 unspecified atom stereocenters. The molecule has 0 spiro atoms. The Bertz CT molecular complexity index is 556. The van der Waals surface area contributed by atoms with E-state index in [0.717, 1.165) is 11.3 Å². The molecule has 19 heavy (non-hydrogen) atoms. The van der Waals surface area contributed by atoms with Gasteiger partial charge in [0.1, 0.15) is 18.2 Å². The van der Waals surface area contributed by atoms with Crippen LogP contribution in [0.1, 0.15) is 11.1 Å². The third-order valence-corrected chi connectivity index (χ3v) is 2.69. The monoisotopic (exact) mass is 296 g/mol. The lowest BCUT2D eigenvalue weighted by atomic mass is 10.2. The number of ether oxygens (including phenoxy) is 1. The highest BCUT2D eigenvalue weighted by atomic mass is 35.5. The average molecular weight is 297 g/mol. The first-order valence-corrected chi connectivity index (χ1v) is 5.84. The first kappa shape index (κ1) is 15.3.